The summed E-state index contributed by atoms with van der Waals surface area (Å²) >= 11 is 0. The number of hydrogen-bond acceptors (Lipinski definition) is 4. The van der Waals surface area contributed by atoms with Crippen LogP contribution < -0.4 is 0 Å². The van der Waals surface area contributed by atoms with Gasteiger partial charge in [-0.3, -0.25) is 4.90 Å². The zero-order chi connectivity index (χ0) is 12.1. The molecule has 0 spiro atoms. The molecule has 1 saturated heterocycles. The molecule has 1 unspecified atom stereocenters. The third-order valence-corrected chi connectivity index (χ3v) is 3.03. The van der Waals surface area contributed by atoms with Gasteiger partial charge in [0.1, 0.15) is 0 Å². The van der Waals surface area contributed by atoms with Gasteiger partial charge in [-0.15, -0.1) is 0 Å². The van der Waals surface area contributed by atoms with E-state index in [2.05, 4.69) is 11.0 Å². The van der Waals surface area contributed by atoms with Crippen LogP contribution in [0.1, 0.15) is 11.1 Å². The third-order valence-electron chi connectivity index (χ3n) is 3.03. The van der Waals surface area contributed by atoms with Gasteiger partial charge in [-0.05, 0) is 17.7 Å². The first-order chi connectivity index (χ1) is 8.33. The van der Waals surface area contributed by atoms with Crippen molar-refractivity contribution in [3.63, 3.8) is 0 Å². The van der Waals surface area contributed by atoms with Crippen molar-refractivity contribution >= 4 is 0 Å². The average Bonchev–Trinajstić information content (AvgIpc) is 2.40. The first-order valence-electron chi connectivity index (χ1n) is 5.75. The maximum Gasteiger partial charge on any atom is 0.0991 e. The highest BCUT2D eigenvalue weighted by atomic mass is 16.5. The van der Waals surface area contributed by atoms with E-state index in [0.717, 1.165) is 18.7 Å². The summed E-state index contributed by atoms with van der Waals surface area (Å²) in [6.07, 6.45) is 0. The van der Waals surface area contributed by atoms with Crippen molar-refractivity contribution < 1.29 is 9.84 Å². The normalized spacial score (nSPS) is 21.1. The summed E-state index contributed by atoms with van der Waals surface area (Å²) in [5, 5.41) is 18.0. The van der Waals surface area contributed by atoms with Crippen molar-refractivity contribution in [3.8, 4) is 6.07 Å². The largest absolute Gasteiger partial charge is 0.395 e. The molecule has 0 bridgehead atoms. The quantitative estimate of drug-likeness (QED) is 0.835. The van der Waals surface area contributed by atoms with E-state index < -0.39 is 0 Å². The van der Waals surface area contributed by atoms with E-state index in [4.69, 9.17) is 10.00 Å². The van der Waals surface area contributed by atoms with E-state index in [-0.39, 0.29) is 12.6 Å². The monoisotopic (exact) mass is 232 g/mol. The lowest BCUT2D eigenvalue weighted by molar-refractivity contribution is -0.0312. The summed E-state index contributed by atoms with van der Waals surface area (Å²) in [5.41, 5.74) is 1.83. The maximum atomic E-state index is 9.26. The fourth-order valence-electron chi connectivity index (χ4n) is 1.98. The van der Waals surface area contributed by atoms with Crippen LogP contribution in [0.5, 0.6) is 0 Å². The van der Waals surface area contributed by atoms with Crippen LogP contribution in [0.15, 0.2) is 24.3 Å². The molecular weight excluding hydrogens is 216 g/mol. The van der Waals surface area contributed by atoms with Gasteiger partial charge in [0.15, 0.2) is 0 Å². The van der Waals surface area contributed by atoms with Gasteiger partial charge in [0.2, 0.25) is 0 Å². The molecule has 1 fully saturated rings. The Labute approximate surface area is 101 Å². The molecule has 4 nitrogen and oxygen atoms in total. The SMILES string of the molecule is N#Cc1ccc(CN2CCOCC2CO)cc1. The van der Waals surface area contributed by atoms with Gasteiger partial charge >= 0.3 is 0 Å². The van der Waals surface area contributed by atoms with Crippen molar-refractivity contribution in [2.75, 3.05) is 26.4 Å². The zero-order valence-corrected chi connectivity index (χ0v) is 9.67. The summed E-state index contributed by atoms with van der Waals surface area (Å²) in [6, 6.07) is 9.75. The Balaban J connectivity index is 2.01. The van der Waals surface area contributed by atoms with Crippen LogP contribution in [0.25, 0.3) is 0 Å². The van der Waals surface area contributed by atoms with Crippen LogP contribution in [-0.2, 0) is 11.3 Å². The highest BCUT2D eigenvalue weighted by molar-refractivity contribution is 5.31. The van der Waals surface area contributed by atoms with E-state index in [9.17, 15) is 5.11 Å². The Kier molecular flexibility index (Phi) is 4.10. The van der Waals surface area contributed by atoms with E-state index in [1.54, 1.807) is 0 Å². The van der Waals surface area contributed by atoms with Gasteiger partial charge in [-0.1, -0.05) is 12.1 Å². The van der Waals surface area contributed by atoms with Gasteiger partial charge in [0.25, 0.3) is 0 Å². The number of ether oxygens (including phenoxy) is 1. The van der Waals surface area contributed by atoms with Gasteiger partial charge in [-0.25, -0.2) is 0 Å². The van der Waals surface area contributed by atoms with Crippen molar-refractivity contribution in [3.05, 3.63) is 35.4 Å². The molecule has 4 heteroatoms. The van der Waals surface area contributed by atoms with E-state index in [1.807, 2.05) is 24.3 Å². The van der Waals surface area contributed by atoms with Crippen LogP contribution in [0, 0.1) is 11.3 Å². The van der Waals surface area contributed by atoms with E-state index >= 15 is 0 Å². The van der Waals surface area contributed by atoms with Crippen LogP contribution >= 0.6 is 0 Å². The topological polar surface area (TPSA) is 56.5 Å². The Morgan fingerprint density at radius 2 is 2.18 bits per heavy atom. The second kappa shape index (κ2) is 5.78. The minimum atomic E-state index is 0.0828. The number of hydrogen-bond donors (Lipinski definition) is 1. The van der Waals surface area contributed by atoms with Gasteiger partial charge in [0, 0.05) is 13.1 Å². The lowest BCUT2D eigenvalue weighted by Crippen LogP contribution is -2.46. The lowest BCUT2D eigenvalue weighted by atomic mass is 10.1. The highest BCUT2D eigenvalue weighted by Gasteiger charge is 2.21. The Hall–Kier alpha value is -1.41. The number of nitrogens with zero attached hydrogens (tertiary/aromatic N) is 2. The van der Waals surface area contributed by atoms with E-state index in [0.29, 0.717) is 18.8 Å². The predicted octanol–water partition coefficient (Wildman–Crippen LogP) is 0.751. The van der Waals surface area contributed by atoms with Crippen molar-refractivity contribution in [1.29, 1.82) is 5.26 Å². The highest BCUT2D eigenvalue weighted by Crippen LogP contribution is 2.12. The smallest absolute Gasteiger partial charge is 0.0991 e. The molecule has 0 amide bonds. The number of morpholine rings is 1. The van der Waals surface area contributed by atoms with Crippen molar-refractivity contribution in [2.45, 2.75) is 12.6 Å². The Morgan fingerprint density at radius 3 is 2.82 bits per heavy atom. The number of rotatable bonds is 3. The van der Waals surface area contributed by atoms with Crippen molar-refractivity contribution in [2.24, 2.45) is 0 Å². The van der Waals surface area contributed by atoms with Crippen LogP contribution in [-0.4, -0.2) is 42.4 Å². The molecular formula is C13H16N2O2. The third kappa shape index (κ3) is 3.04. The molecule has 1 N–H and O–H groups in total. The molecule has 0 aromatic heterocycles. The lowest BCUT2D eigenvalue weighted by Gasteiger charge is -2.34. The fourth-order valence-corrected chi connectivity index (χ4v) is 1.98. The molecule has 1 heterocycles. The molecule has 2 rings (SSSR count). The minimum Gasteiger partial charge on any atom is -0.395 e. The number of nitriles is 1. The predicted molar refractivity (Wildman–Crippen MR) is 63.3 cm³/mol. The second-order valence-electron chi connectivity index (χ2n) is 4.19. The molecule has 90 valence electrons. The average molecular weight is 232 g/mol. The molecule has 1 aromatic carbocycles. The fraction of sp³-hybridized carbons (Fsp3) is 0.462. The second-order valence-corrected chi connectivity index (χ2v) is 4.19. The molecule has 0 radical (unpaired) electrons. The molecule has 1 aliphatic rings. The first-order valence-corrected chi connectivity index (χ1v) is 5.75. The standard InChI is InChI=1S/C13H16N2O2/c14-7-11-1-3-12(4-2-11)8-15-5-6-17-10-13(15)9-16/h1-4,13,16H,5-6,8-10H2. The molecule has 0 aliphatic carbocycles. The molecule has 1 atom stereocenters. The summed E-state index contributed by atoms with van der Waals surface area (Å²) in [4.78, 5) is 2.21. The number of aliphatic hydroxyl groups is 1. The molecule has 1 aromatic rings. The van der Waals surface area contributed by atoms with Crippen LogP contribution in [0.3, 0.4) is 0 Å². The summed E-state index contributed by atoms with van der Waals surface area (Å²) in [5.74, 6) is 0. The van der Waals surface area contributed by atoms with E-state index in [1.165, 1.54) is 0 Å². The maximum absolute atomic E-state index is 9.26. The first kappa shape index (κ1) is 12.1. The number of benzene rings is 1. The Bertz CT molecular complexity index is 397. The minimum absolute atomic E-state index is 0.0828. The van der Waals surface area contributed by atoms with Crippen LogP contribution in [0.4, 0.5) is 0 Å². The van der Waals surface area contributed by atoms with Gasteiger partial charge < -0.3 is 9.84 Å². The molecule has 1 aliphatic heterocycles. The summed E-state index contributed by atoms with van der Waals surface area (Å²) in [6.45, 7) is 3.06. The van der Waals surface area contributed by atoms with Crippen LogP contribution in [0.2, 0.25) is 0 Å². The Morgan fingerprint density at radius 1 is 1.41 bits per heavy atom. The molecule has 17 heavy (non-hydrogen) atoms. The molecule has 0 saturated carbocycles. The summed E-state index contributed by atoms with van der Waals surface area (Å²) in [7, 11) is 0. The zero-order valence-electron chi connectivity index (χ0n) is 9.67. The number of aliphatic hydroxyl groups excluding tert-OH is 1. The summed E-state index contributed by atoms with van der Waals surface area (Å²) < 4.78 is 5.33. The van der Waals surface area contributed by atoms with Gasteiger partial charge in [-0.2, -0.15) is 5.26 Å². The van der Waals surface area contributed by atoms with Crippen molar-refractivity contribution in [1.82, 2.24) is 4.90 Å². The van der Waals surface area contributed by atoms with Gasteiger partial charge in [0.05, 0.1) is 37.5 Å².